The molecule has 0 unspecified atom stereocenters. The average molecular weight is 316 g/mol. The SMILES string of the molecule is [2H]C([2H])([2H])N(CC(C)=O)C(=N)NC(=O)CCCCCCCCCCO. The van der Waals surface area contributed by atoms with Gasteiger partial charge >= 0.3 is 0 Å². The van der Waals surface area contributed by atoms with Crippen LogP contribution in [0.4, 0.5) is 0 Å². The van der Waals surface area contributed by atoms with Crippen molar-refractivity contribution in [1.82, 2.24) is 10.2 Å². The molecule has 3 N–H and O–H groups in total. The number of guanidine groups is 1. The Hall–Kier alpha value is -1.43. The molecular formula is C16H31N3O3. The Labute approximate surface area is 138 Å². The maximum Gasteiger partial charge on any atom is 0.226 e. The Kier molecular flexibility index (Phi) is 9.31. The summed E-state index contributed by atoms with van der Waals surface area (Å²) in [4.78, 5) is 23.6. The zero-order valence-electron chi connectivity index (χ0n) is 16.5. The van der Waals surface area contributed by atoms with Crippen molar-refractivity contribution in [3.63, 3.8) is 0 Å². The summed E-state index contributed by atoms with van der Waals surface area (Å²) in [6.45, 7) is -1.61. The lowest BCUT2D eigenvalue weighted by molar-refractivity contribution is -0.120. The fourth-order valence-electron chi connectivity index (χ4n) is 2.02. The predicted molar refractivity (Wildman–Crippen MR) is 87.8 cm³/mol. The molecule has 0 spiro atoms. The molecule has 0 rings (SSSR count). The van der Waals surface area contributed by atoms with Gasteiger partial charge in [0.25, 0.3) is 0 Å². The maximum absolute atomic E-state index is 11.8. The fraction of sp³-hybridized carbons (Fsp3) is 0.812. The quantitative estimate of drug-likeness (QED) is 0.292. The van der Waals surface area contributed by atoms with Gasteiger partial charge in [-0.2, -0.15) is 0 Å². The van der Waals surface area contributed by atoms with Crippen LogP contribution >= 0.6 is 0 Å². The molecule has 0 aliphatic rings. The van der Waals surface area contributed by atoms with Crippen molar-refractivity contribution in [2.24, 2.45) is 0 Å². The van der Waals surface area contributed by atoms with E-state index in [2.05, 4.69) is 5.32 Å². The molecule has 0 saturated carbocycles. The number of nitrogens with zero attached hydrogens (tertiary/aromatic N) is 1. The standard InChI is InChI=1S/C16H31N3O3/c1-14(21)13-19(2)16(17)18-15(22)11-9-7-5-3-4-6-8-10-12-20/h20H,3-13H2,1-2H3,(H2,17,18,22)/i2D3. The highest BCUT2D eigenvalue weighted by atomic mass is 16.2. The molecule has 1 amide bonds. The van der Waals surface area contributed by atoms with E-state index < -0.39 is 31.2 Å². The summed E-state index contributed by atoms with van der Waals surface area (Å²) < 4.78 is 22.0. The Balaban J connectivity index is 3.96. The number of hydrogen-bond donors (Lipinski definition) is 3. The first-order valence-corrected chi connectivity index (χ1v) is 7.95. The number of carbonyl (C=O) groups is 2. The van der Waals surface area contributed by atoms with Gasteiger partial charge in [0.1, 0.15) is 5.78 Å². The Morgan fingerprint density at radius 1 is 1.09 bits per heavy atom. The van der Waals surface area contributed by atoms with Gasteiger partial charge in [0.2, 0.25) is 5.91 Å². The van der Waals surface area contributed by atoms with Crippen molar-refractivity contribution >= 4 is 17.6 Å². The van der Waals surface area contributed by atoms with E-state index in [9.17, 15) is 9.59 Å². The minimum atomic E-state index is -2.65. The molecule has 0 atom stereocenters. The molecule has 6 nitrogen and oxygen atoms in total. The number of unbranched alkanes of at least 4 members (excludes halogenated alkanes) is 7. The maximum atomic E-state index is 11.8. The number of rotatable bonds is 12. The second-order valence-electron chi connectivity index (χ2n) is 5.49. The summed E-state index contributed by atoms with van der Waals surface area (Å²) in [5.74, 6) is -1.37. The van der Waals surface area contributed by atoms with Gasteiger partial charge in [0.15, 0.2) is 5.96 Å². The van der Waals surface area contributed by atoms with Gasteiger partial charge in [-0.05, 0) is 19.8 Å². The summed E-state index contributed by atoms with van der Waals surface area (Å²) in [6.07, 6.45) is 8.04. The molecule has 0 fully saturated rings. The molecule has 0 saturated heterocycles. The van der Waals surface area contributed by atoms with E-state index in [1.807, 2.05) is 0 Å². The number of ketones is 1. The van der Waals surface area contributed by atoms with E-state index in [4.69, 9.17) is 14.6 Å². The first-order chi connectivity index (χ1) is 11.7. The first-order valence-electron chi connectivity index (χ1n) is 9.45. The van der Waals surface area contributed by atoms with Gasteiger partial charge in [-0.25, -0.2) is 0 Å². The zero-order valence-corrected chi connectivity index (χ0v) is 13.5. The van der Waals surface area contributed by atoms with Crippen molar-refractivity contribution in [2.45, 2.75) is 64.7 Å². The highest BCUT2D eigenvalue weighted by Crippen LogP contribution is 2.09. The van der Waals surface area contributed by atoms with Gasteiger partial charge in [-0.1, -0.05) is 38.5 Å². The van der Waals surface area contributed by atoms with E-state index >= 15 is 0 Å². The van der Waals surface area contributed by atoms with Crippen LogP contribution in [0.25, 0.3) is 0 Å². The third-order valence-electron chi connectivity index (χ3n) is 3.22. The Morgan fingerprint density at radius 2 is 1.64 bits per heavy atom. The van der Waals surface area contributed by atoms with Gasteiger partial charge in [0, 0.05) is 24.1 Å². The second kappa shape index (κ2) is 13.2. The fourth-order valence-corrected chi connectivity index (χ4v) is 2.02. The normalized spacial score (nSPS) is 12.9. The number of likely N-dealkylation sites (N-methyl/N-ethyl adjacent to an activating group) is 1. The highest BCUT2D eigenvalue weighted by Gasteiger charge is 2.10. The molecule has 0 aromatic carbocycles. The van der Waals surface area contributed by atoms with Crippen molar-refractivity contribution in [3.8, 4) is 0 Å². The summed E-state index contributed by atoms with van der Waals surface area (Å²) in [5, 5.41) is 18.6. The number of nitrogens with one attached hydrogen (secondary N) is 2. The lowest BCUT2D eigenvalue weighted by Crippen LogP contribution is -2.43. The van der Waals surface area contributed by atoms with Crippen molar-refractivity contribution in [2.75, 3.05) is 20.1 Å². The van der Waals surface area contributed by atoms with Gasteiger partial charge in [-0.3, -0.25) is 20.3 Å². The van der Waals surface area contributed by atoms with E-state index in [0.717, 1.165) is 44.9 Å². The second-order valence-corrected chi connectivity index (χ2v) is 5.49. The number of hydrogen-bond acceptors (Lipinski definition) is 4. The van der Waals surface area contributed by atoms with Crippen LogP contribution in [0.3, 0.4) is 0 Å². The largest absolute Gasteiger partial charge is 0.396 e. The smallest absolute Gasteiger partial charge is 0.226 e. The molecule has 22 heavy (non-hydrogen) atoms. The number of amides is 1. The van der Waals surface area contributed by atoms with Gasteiger partial charge in [0.05, 0.1) is 6.54 Å². The number of carbonyl (C=O) groups excluding carboxylic acids is 2. The molecule has 6 heteroatoms. The van der Waals surface area contributed by atoms with Crippen LogP contribution in [0.1, 0.15) is 68.8 Å². The van der Waals surface area contributed by atoms with E-state index in [-0.39, 0.29) is 13.0 Å². The average Bonchev–Trinajstić information content (AvgIpc) is 2.49. The summed E-state index contributed by atoms with van der Waals surface area (Å²) in [7, 11) is 0. The first kappa shape index (κ1) is 15.5. The highest BCUT2D eigenvalue weighted by molar-refractivity contribution is 5.96. The molecule has 0 radical (unpaired) electrons. The summed E-state index contributed by atoms with van der Waals surface area (Å²) >= 11 is 0. The Morgan fingerprint density at radius 3 is 2.14 bits per heavy atom. The topological polar surface area (TPSA) is 93.5 Å². The van der Waals surface area contributed by atoms with Crippen LogP contribution in [0, 0.1) is 5.41 Å². The molecule has 0 aliphatic heterocycles. The number of aliphatic hydroxyl groups is 1. The monoisotopic (exact) mass is 316 g/mol. The van der Waals surface area contributed by atoms with E-state index in [1.165, 1.54) is 6.92 Å². The van der Waals surface area contributed by atoms with E-state index in [0.29, 0.717) is 11.3 Å². The molecule has 0 aromatic heterocycles. The van der Waals surface area contributed by atoms with Crippen molar-refractivity contribution < 1.29 is 18.8 Å². The summed E-state index contributed by atoms with van der Waals surface area (Å²) in [6, 6.07) is 0. The Bertz CT molecular complexity index is 429. The third-order valence-corrected chi connectivity index (χ3v) is 3.22. The molecule has 0 aliphatic carbocycles. The van der Waals surface area contributed by atoms with Crippen molar-refractivity contribution in [3.05, 3.63) is 0 Å². The third kappa shape index (κ3) is 12.3. The van der Waals surface area contributed by atoms with Crippen LogP contribution in [-0.2, 0) is 9.59 Å². The minimum absolute atomic E-state index is 0.224. The van der Waals surface area contributed by atoms with Crippen LogP contribution in [0.2, 0.25) is 0 Å². The van der Waals surface area contributed by atoms with Gasteiger partial charge in [-0.15, -0.1) is 0 Å². The van der Waals surface area contributed by atoms with Crippen LogP contribution in [-0.4, -0.2) is 47.8 Å². The van der Waals surface area contributed by atoms with Crippen molar-refractivity contribution in [1.29, 1.82) is 5.41 Å². The number of Topliss-reactive ketones (excluding diaryl/α,β-unsaturated/α-hetero) is 1. The van der Waals surface area contributed by atoms with Gasteiger partial charge < -0.3 is 10.0 Å². The molecule has 0 heterocycles. The molecule has 128 valence electrons. The minimum Gasteiger partial charge on any atom is -0.396 e. The summed E-state index contributed by atoms with van der Waals surface area (Å²) in [5.41, 5.74) is 0. The van der Waals surface area contributed by atoms with Crippen LogP contribution in [0.15, 0.2) is 0 Å². The van der Waals surface area contributed by atoms with Crippen LogP contribution in [0.5, 0.6) is 0 Å². The predicted octanol–water partition coefficient (Wildman–Crippen LogP) is 2.06. The molecule has 0 aromatic rings. The van der Waals surface area contributed by atoms with Crippen LogP contribution < -0.4 is 5.32 Å². The molecular weight excluding hydrogens is 282 g/mol. The van der Waals surface area contributed by atoms with E-state index in [1.54, 1.807) is 0 Å². The lowest BCUT2D eigenvalue weighted by atomic mass is 10.1. The molecule has 0 bridgehead atoms. The number of aliphatic hydroxyl groups excluding tert-OH is 1. The lowest BCUT2D eigenvalue weighted by Gasteiger charge is -2.18. The zero-order chi connectivity index (χ0) is 19.3.